The molecule has 1 saturated heterocycles. The quantitative estimate of drug-likeness (QED) is 0.844. The Labute approximate surface area is 131 Å². The number of benzene rings is 1. The van der Waals surface area contributed by atoms with Crippen molar-refractivity contribution in [3.05, 3.63) is 23.2 Å². The van der Waals surface area contributed by atoms with Gasteiger partial charge in [-0.15, -0.1) is 0 Å². The fraction of sp³-hybridized carbons (Fsp3) is 0.571. The summed E-state index contributed by atoms with van der Waals surface area (Å²) in [5, 5.41) is 0.136. The maximum Gasteiger partial charge on any atom is 0.244 e. The van der Waals surface area contributed by atoms with Gasteiger partial charge in [0.05, 0.1) is 16.2 Å². The van der Waals surface area contributed by atoms with Crippen molar-refractivity contribution in [3.8, 4) is 0 Å². The Hall–Kier alpha value is -0.820. The summed E-state index contributed by atoms with van der Waals surface area (Å²) in [6, 6.07) is 4.43. The van der Waals surface area contributed by atoms with Crippen LogP contribution in [0.3, 0.4) is 0 Å². The van der Waals surface area contributed by atoms with E-state index in [0.29, 0.717) is 5.69 Å². The summed E-state index contributed by atoms with van der Waals surface area (Å²) >= 11 is 6.06. The molecule has 7 heteroatoms. The first kappa shape index (κ1) is 16.5. The van der Waals surface area contributed by atoms with Gasteiger partial charge in [0.1, 0.15) is 4.90 Å². The third-order valence-corrected chi connectivity index (χ3v) is 5.52. The lowest BCUT2D eigenvalue weighted by Gasteiger charge is -2.46. The van der Waals surface area contributed by atoms with Gasteiger partial charge in [-0.05, 0) is 45.9 Å². The van der Waals surface area contributed by atoms with Crippen LogP contribution in [0.4, 0.5) is 5.69 Å². The van der Waals surface area contributed by atoms with E-state index < -0.39 is 21.2 Å². The summed E-state index contributed by atoms with van der Waals surface area (Å²) in [4.78, 5) is 0.0758. The standard InChI is InChI=1S/C14H21ClN2O3S/c1-13(2)8-17(9-14(3,4)20-13)21(18,19)12-6-5-10(16)7-11(12)15/h5-7H,8-9,16H2,1-4H3. The molecule has 2 rings (SSSR count). The van der Waals surface area contributed by atoms with E-state index in [1.54, 1.807) is 0 Å². The molecule has 1 aromatic carbocycles. The highest BCUT2D eigenvalue weighted by atomic mass is 35.5. The minimum atomic E-state index is -3.69. The molecule has 0 amide bonds. The Morgan fingerprint density at radius 2 is 1.71 bits per heavy atom. The minimum Gasteiger partial charge on any atom is -0.399 e. The minimum absolute atomic E-state index is 0.0758. The zero-order valence-electron chi connectivity index (χ0n) is 12.7. The number of anilines is 1. The van der Waals surface area contributed by atoms with Gasteiger partial charge in [0.15, 0.2) is 0 Å². The number of halogens is 1. The molecule has 118 valence electrons. The van der Waals surface area contributed by atoms with Gasteiger partial charge < -0.3 is 10.5 Å². The molecule has 1 heterocycles. The van der Waals surface area contributed by atoms with Crippen molar-refractivity contribution in [3.63, 3.8) is 0 Å². The van der Waals surface area contributed by atoms with Gasteiger partial charge in [0, 0.05) is 18.8 Å². The van der Waals surface area contributed by atoms with Gasteiger partial charge in [-0.25, -0.2) is 8.42 Å². The smallest absolute Gasteiger partial charge is 0.244 e. The Morgan fingerprint density at radius 3 is 2.19 bits per heavy atom. The lowest BCUT2D eigenvalue weighted by molar-refractivity contribution is -0.163. The topological polar surface area (TPSA) is 72.6 Å². The van der Waals surface area contributed by atoms with E-state index in [9.17, 15) is 8.42 Å². The number of nitrogen functional groups attached to an aromatic ring is 1. The normalized spacial score (nSPS) is 22.1. The summed E-state index contributed by atoms with van der Waals surface area (Å²) in [7, 11) is -3.69. The van der Waals surface area contributed by atoms with Crippen molar-refractivity contribution < 1.29 is 13.2 Å². The van der Waals surface area contributed by atoms with Gasteiger partial charge in [-0.1, -0.05) is 11.6 Å². The van der Waals surface area contributed by atoms with Crippen LogP contribution in [-0.2, 0) is 14.8 Å². The van der Waals surface area contributed by atoms with Crippen molar-refractivity contribution in [2.75, 3.05) is 18.8 Å². The van der Waals surface area contributed by atoms with Gasteiger partial charge in [-0.3, -0.25) is 0 Å². The molecule has 1 fully saturated rings. The summed E-state index contributed by atoms with van der Waals surface area (Å²) < 4.78 is 33.0. The van der Waals surface area contributed by atoms with E-state index in [1.165, 1.54) is 22.5 Å². The molecule has 0 spiro atoms. The number of nitrogens with two attached hydrogens (primary N) is 1. The molecule has 5 nitrogen and oxygen atoms in total. The Kier molecular flexibility index (Phi) is 4.04. The first-order chi connectivity index (χ1) is 9.43. The Balaban J connectivity index is 2.43. The van der Waals surface area contributed by atoms with Gasteiger partial charge in [0.2, 0.25) is 10.0 Å². The average Bonchev–Trinajstić information content (AvgIpc) is 2.23. The number of sulfonamides is 1. The Morgan fingerprint density at radius 1 is 1.19 bits per heavy atom. The zero-order valence-corrected chi connectivity index (χ0v) is 14.3. The largest absolute Gasteiger partial charge is 0.399 e. The predicted octanol–water partition coefficient (Wildman–Crippen LogP) is 2.50. The van der Waals surface area contributed by atoms with Crippen LogP contribution in [0.2, 0.25) is 5.02 Å². The second-order valence-electron chi connectivity index (χ2n) is 6.58. The predicted molar refractivity (Wildman–Crippen MR) is 83.9 cm³/mol. The molecule has 1 aliphatic rings. The molecular formula is C14H21ClN2O3S. The summed E-state index contributed by atoms with van der Waals surface area (Å²) in [5.74, 6) is 0. The van der Waals surface area contributed by atoms with Crippen LogP contribution >= 0.6 is 11.6 Å². The van der Waals surface area contributed by atoms with Crippen LogP contribution < -0.4 is 5.73 Å². The van der Waals surface area contributed by atoms with Crippen molar-refractivity contribution in [1.82, 2.24) is 4.31 Å². The lowest BCUT2D eigenvalue weighted by Crippen LogP contribution is -2.58. The SMILES string of the molecule is CC1(C)CN(S(=O)(=O)c2ccc(N)cc2Cl)CC(C)(C)O1. The van der Waals surface area contributed by atoms with Crippen molar-refractivity contribution >= 4 is 27.3 Å². The number of ether oxygens (including phenoxy) is 1. The fourth-order valence-electron chi connectivity index (χ4n) is 2.75. The zero-order chi connectivity index (χ0) is 16.1. The summed E-state index contributed by atoms with van der Waals surface area (Å²) in [6.45, 7) is 8.06. The molecule has 0 bridgehead atoms. The number of rotatable bonds is 2. The maximum absolute atomic E-state index is 12.8. The summed E-state index contributed by atoms with van der Waals surface area (Å²) in [5.41, 5.74) is 4.93. The van der Waals surface area contributed by atoms with Crippen LogP contribution in [-0.4, -0.2) is 37.0 Å². The molecule has 2 N–H and O–H groups in total. The van der Waals surface area contributed by atoms with Crippen LogP contribution in [0.1, 0.15) is 27.7 Å². The van der Waals surface area contributed by atoms with E-state index in [-0.39, 0.29) is 23.0 Å². The molecule has 0 aromatic heterocycles. The summed E-state index contributed by atoms with van der Waals surface area (Å²) in [6.07, 6.45) is 0. The number of nitrogens with zero attached hydrogens (tertiary/aromatic N) is 1. The molecule has 1 aliphatic heterocycles. The molecule has 0 atom stereocenters. The van der Waals surface area contributed by atoms with E-state index in [2.05, 4.69) is 0 Å². The number of hydrogen-bond acceptors (Lipinski definition) is 4. The van der Waals surface area contributed by atoms with E-state index in [0.717, 1.165) is 0 Å². The van der Waals surface area contributed by atoms with E-state index in [1.807, 2.05) is 27.7 Å². The maximum atomic E-state index is 12.8. The van der Waals surface area contributed by atoms with Gasteiger partial charge in [0.25, 0.3) is 0 Å². The first-order valence-electron chi connectivity index (χ1n) is 6.68. The first-order valence-corrected chi connectivity index (χ1v) is 8.50. The third kappa shape index (κ3) is 3.51. The molecule has 0 saturated carbocycles. The fourth-order valence-corrected chi connectivity index (χ4v) is 5.02. The molecule has 0 unspecified atom stereocenters. The van der Waals surface area contributed by atoms with Crippen molar-refractivity contribution in [1.29, 1.82) is 0 Å². The van der Waals surface area contributed by atoms with Crippen LogP contribution in [0.5, 0.6) is 0 Å². The Bertz CT molecular complexity index is 640. The second kappa shape index (κ2) is 5.12. The third-order valence-electron chi connectivity index (χ3n) is 3.24. The molecular weight excluding hydrogens is 312 g/mol. The lowest BCUT2D eigenvalue weighted by atomic mass is 10.0. The highest BCUT2D eigenvalue weighted by Crippen LogP contribution is 2.34. The number of hydrogen-bond donors (Lipinski definition) is 1. The van der Waals surface area contributed by atoms with Gasteiger partial charge in [-0.2, -0.15) is 4.31 Å². The monoisotopic (exact) mass is 332 g/mol. The van der Waals surface area contributed by atoms with Gasteiger partial charge >= 0.3 is 0 Å². The molecule has 0 radical (unpaired) electrons. The van der Waals surface area contributed by atoms with E-state index in [4.69, 9.17) is 22.1 Å². The van der Waals surface area contributed by atoms with Crippen LogP contribution in [0.15, 0.2) is 23.1 Å². The highest BCUT2D eigenvalue weighted by Gasteiger charge is 2.43. The van der Waals surface area contributed by atoms with Crippen LogP contribution in [0.25, 0.3) is 0 Å². The molecule has 1 aromatic rings. The highest BCUT2D eigenvalue weighted by molar-refractivity contribution is 7.89. The molecule has 0 aliphatic carbocycles. The second-order valence-corrected chi connectivity index (χ2v) is 8.90. The van der Waals surface area contributed by atoms with Crippen molar-refractivity contribution in [2.45, 2.75) is 43.8 Å². The van der Waals surface area contributed by atoms with Crippen molar-refractivity contribution in [2.24, 2.45) is 0 Å². The van der Waals surface area contributed by atoms with Crippen LogP contribution in [0, 0.1) is 0 Å². The average molecular weight is 333 g/mol. The molecule has 21 heavy (non-hydrogen) atoms. The van der Waals surface area contributed by atoms with E-state index >= 15 is 0 Å². The number of morpholine rings is 1.